The van der Waals surface area contributed by atoms with Crippen molar-refractivity contribution in [3.05, 3.63) is 53.8 Å². The van der Waals surface area contributed by atoms with E-state index >= 15 is 0 Å². The van der Waals surface area contributed by atoms with Gasteiger partial charge in [0, 0.05) is 37.1 Å². The number of primary amides is 1. The summed E-state index contributed by atoms with van der Waals surface area (Å²) in [6.45, 7) is 7.40. The fraction of sp³-hybridized carbons (Fsp3) is 0.435. The van der Waals surface area contributed by atoms with Crippen molar-refractivity contribution in [2.75, 3.05) is 19.7 Å². The standard InChI is InChI=1S/C23H33FN6O3/c1-23(2,3)14-33-22(32)30-10-8-15(9-11-30)19(12-25)28-13-18(21(27)31)20(26)29-17-6-4-16(24)5-7-17/h4-7,12-13,15,28H,8-11,14,25H2,1-3H3,(H2,26,29)(H2,27,31)/b18-13+,19-12-. The number of ether oxygens (including phenoxy) is 1. The Kier molecular flexibility index (Phi) is 8.84. The minimum absolute atomic E-state index is 0.0399. The zero-order chi connectivity index (χ0) is 24.6. The van der Waals surface area contributed by atoms with Crippen LogP contribution in [-0.4, -0.2) is 42.4 Å². The number of hydrogen-bond donors (Lipinski definition) is 4. The van der Waals surface area contributed by atoms with Crippen molar-refractivity contribution in [3.8, 4) is 0 Å². The maximum atomic E-state index is 13.1. The third-order valence-electron chi connectivity index (χ3n) is 5.00. The second-order valence-corrected chi connectivity index (χ2v) is 9.04. The number of amides is 2. The highest BCUT2D eigenvalue weighted by molar-refractivity contribution is 6.20. The molecule has 0 spiro atoms. The summed E-state index contributed by atoms with van der Waals surface area (Å²) in [5.41, 5.74) is 18.1. The third kappa shape index (κ3) is 8.13. The molecular weight excluding hydrogens is 427 g/mol. The van der Waals surface area contributed by atoms with E-state index in [1.165, 1.54) is 36.7 Å². The van der Waals surface area contributed by atoms with Crippen LogP contribution < -0.4 is 22.5 Å². The molecule has 7 N–H and O–H groups in total. The van der Waals surface area contributed by atoms with Gasteiger partial charge in [0.2, 0.25) is 0 Å². The number of amidine groups is 1. The smallest absolute Gasteiger partial charge is 0.409 e. The van der Waals surface area contributed by atoms with E-state index in [0.29, 0.717) is 43.9 Å². The fourth-order valence-electron chi connectivity index (χ4n) is 3.19. The second-order valence-electron chi connectivity index (χ2n) is 9.04. The molecule has 0 atom stereocenters. The molecule has 0 aromatic heterocycles. The van der Waals surface area contributed by atoms with Gasteiger partial charge in [0.25, 0.3) is 5.91 Å². The molecule has 2 rings (SSSR count). The van der Waals surface area contributed by atoms with E-state index in [4.69, 9.17) is 21.9 Å². The zero-order valence-electron chi connectivity index (χ0n) is 19.3. The lowest BCUT2D eigenvalue weighted by Gasteiger charge is -2.33. The molecule has 1 aromatic carbocycles. The molecule has 1 saturated heterocycles. The molecule has 9 nitrogen and oxygen atoms in total. The number of rotatable bonds is 7. The molecule has 0 saturated carbocycles. The predicted octanol–water partition coefficient (Wildman–Crippen LogP) is 2.47. The molecule has 0 unspecified atom stereocenters. The average molecular weight is 461 g/mol. The SMILES string of the molecule is CC(C)(C)COC(=O)N1CCC(/C(=C/N)N/C=C(/C(N)=O)C(N)=Nc2ccc(F)cc2)CC1. The second kappa shape index (κ2) is 11.3. The van der Waals surface area contributed by atoms with Crippen molar-refractivity contribution in [3.63, 3.8) is 0 Å². The van der Waals surface area contributed by atoms with Crippen molar-refractivity contribution in [2.24, 2.45) is 33.5 Å². The first kappa shape index (κ1) is 25.7. The first-order valence-corrected chi connectivity index (χ1v) is 10.7. The Bertz CT molecular complexity index is 927. The number of halogens is 1. The van der Waals surface area contributed by atoms with Crippen molar-refractivity contribution < 1.29 is 18.7 Å². The quantitative estimate of drug-likeness (QED) is 0.279. The van der Waals surface area contributed by atoms with Gasteiger partial charge in [-0.2, -0.15) is 0 Å². The lowest BCUT2D eigenvalue weighted by atomic mass is 9.94. The largest absolute Gasteiger partial charge is 0.449 e. The van der Waals surface area contributed by atoms with E-state index in [2.05, 4.69) is 10.3 Å². The molecule has 1 fully saturated rings. The van der Waals surface area contributed by atoms with Gasteiger partial charge in [0.15, 0.2) is 0 Å². The summed E-state index contributed by atoms with van der Waals surface area (Å²) in [5.74, 6) is -1.26. The van der Waals surface area contributed by atoms with Gasteiger partial charge in [-0.05, 0) is 42.5 Å². The van der Waals surface area contributed by atoms with Gasteiger partial charge in [0.05, 0.1) is 17.9 Å². The Morgan fingerprint density at radius 3 is 2.33 bits per heavy atom. The molecular formula is C23H33FN6O3. The predicted molar refractivity (Wildman–Crippen MR) is 125 cm³/mol. The van der Waals surface area contributed by atoms with Crippen LogP contribution in [0.5, 0.6) is 0 Å². The number of carbonyl (C=O) groups excluding carboxylic acids is 2. The summed E-state index contributed by atoms with van der Waals surface area (Å²) in [6, 6.07) is 5.33. The van der Waals surface area contributed by atoms with Crippen LogP contribution in [-0.2, 0) is 9.53 Å². The van der Waals surface area contributed by atoms with Gasteiger partial charge in [0.1, 0.15) is 11.7 Å². The molecule has 10 heteroatoms. The molecule has 1 aromatic rings. The van der Waals surface area contributed by atoms with Crippen molar-refractivity contribution in [1.82, 2.24) is 10.2 Å². The van der Waals surface area contributed by atoms with Gasteiger partial charge >= 0.3 is 6.09 Å². The number of nitrogens with two attached hydrogens (primary N) is 3. The summed E-state index contributed by atoms with van der Waals surface area (Å²) in [5, 5.41) is 3.00. The molecule has 0 aliphatic carbocycles. The van der Waals surface area contributed by atoms with Crippen LogP contribution in [0.4, 0.5) is 14.9 Å². The molecule has 33 heavy (non-hydrogen) atoms. The number of piperidine rings is 1. The van der Waals surface area contributed by atoms with Crippen LogP contribution >= 0.6 is 0 Å². The number of allylic oxidation sites excluding steroid dienone is 1. The first-order chi connectivity index (χ1) is 15.5. The highest BCUT2D eigenvalue weighted by atomic mass is 19.1. The average Bonchev–Trinajstić information content (AvgIpc) is 2.76. The summed E-state index contributed by atoms with van der Waals surface area (Å²) in [4.78, 5) is 29.9. The number of nitrogens with one attached hydrogen (secondary N) is 1. The molecule has 2 amide bonds. The Morgan fingerprint density at radius 2 is 1.82 bits per heavy atom. The van der Waals surface area contributed by atoms with E-state index in [1.807, 2.05) is 20.8 Å². The normalized spacial score (nSPS) is 16.5. The third-order valence-corrected chi connectivity index (χ3v) is 5.00. The molecule has 0 bridgehead atoms. The van der Waals surface area contributed by atoms with E-state index in [9.17, 15) is 14.0 Å². The number of hydrogen-bond acceptors (Lipinski definition) is 6. The lowest BCUT2D eigenvalue weighted by Crippen LogP contribution is -2.41. The van der Waals surface area contributed by atoms with Crippen LogP contribution in [0.3, 0.4) is 0 Å². The number of nitrogens with zero attached hydrogens (tertiary/aromatic N) is 2. The van der Waals surface area contributed by atoms with Crippen LogP contribution in [0.25, 0.3) is 0 Å². The number of carbonyl (C=O) groups is 2. The van der Waals surface area contributed by atoms with E-state index < -0.39 is 11.7 Å². The number of aliphatic imine (C=N–C) groups is 1. The Labute approximate surface area is 193 Å². The molecule has 1 aliphatic heterocycles. The van der Waals surface area contributed by atoms with Gasteiger partial charge in [-0.25, -0.2) is 14.2 Å². The molecule has 180 valence electrons. The lowest BCUT2D eigenvalue weighted by molar-refractivity contribution is -0.114. The summed E-state index contributed by atoms with van der Waals surface area (Å²) in [6.07, 6.45) is 3.78. The summed E-state index contributed by atoms with van der Waals surface area (Å²) < 4.78 is 18.4. The Balaban J connectivity index is 2.00. The number of likely N-dealkylation sites (tertiary alicyclic amines) is 1. The van der Waals surface area contributed by atoms with E-state index in [-0.39, 0.29) is 28.8 Å². The zero-order valence-corrected chi connectivity index (χ0v) is 19.3. The molecule has 1 heterocycles. The van der Waals surface area contributed by atoms with Crippen molar-refractivity contribution >= 4 is 23.5 Å². The molecule has 1 aliphatic rings. The van der Waals surface area contributed by atoms with Crippen LogP contribution in [0.1, 0.15) is 33.6 Å². The highest BCUT2D eigenvalue weighted by Crippen LogP contribution is 2.24. The summed E-state index contributed by atoms with van der Waals surface area (Å²) >= 11 is 0. The van der Waals surface area contributed by atoms with Crippen molar-refractivity contribution in [2.45, 2.75) is 33.6 Å². The topological polar surface area (TPSA) is 149 Å². The Hall–Kier alpha value is -3.56. The maximum Gasteiger partial charge on any atom is 0.409 e. The van der Waals surface area contributed by atoms with Gasteiger partial charge in [-0.3, -0.25) is 4.79 Å². The van der Waals surface area contributed by atoms with E-state index in [1.54, 1.807) is 4.90 Å². The minimum atomic E-state index is -0.779. The van der Waals surface area contributed by atoms with Gasteiger partial charge in [-0.15, -0.1) is 0 Å². The van der Waals surface area contributed by atoms with Gasteiger partial charge < -0.3 is 32.2 Å². The van der Waals surface area contributed by atoms with Crippen molar-refractivity contribution in [1.29, 1.82) is 0 Å². The van der Waals surface area contributed by atoms with Crippen LogP contribution in [0.15, 0.2) is 52.9 Å². The van der Waals surface area contributed by atoms with E-state index in [0.717, 1.165) is 0 Å². The highest BCUT2D eigenvalue weighted by Gasteiger charge is 2.27. The molecule has 0 radical (unpaired) electrons. The maximum absolute atomic E-state index is 13.1. The van der Waals surface area contributed by atoms with Crippen LogP contribution in [0, 0.1) is 17.2 Å². The first-order valence-electron chi connectivity index (χ1n) is 10.7. The monoisotopic (exact) mass is 460 g/mol. The fourth-order valence-corrected chi connectivity index (χ4v) is 3.19. The Morgan fingerprint density at radius 1 is 1.21 bits per heavy atom. The minimum Gasteiger partial charge on any atom is -0.449 e. The summed E-state index contributed by atoms with van der Waals surface area (Å²) in [7, 11) is 0. The van der Waals surface area contributed by atoms with Crippen LogP contribution in [0.2, 0.25) is 0 Å². The number of benzene rings is 1. The van der Waals surface area contributed by atoms with Gasteiger partial charge in [-0.1, -0.05) is 20.8 Å².